The summed E-state index contributed by atoms with van der Waals surface area (Å²) in [4.78, 5) is 7.82. The average molecular weight is 266 g/mol. The first kappa shape index (κ1) is 9.36. The maximum Gasteiger partial charge on any atom is 0.0882 e. The Balaban J connectivity index is 2.05. The highest BCUT2D eigenvalue weighted by Gasteiger charge is 2.18. The summed E-state index contributed by atoms with van der Waals surface area (Å²) in [5.41, 5.74) is 3.48. The Morgan fingerprint density at radius 1 is 1.40 bits per heavy atom. The number of aromatic amines is 1. The van der Waals surface area contributed by atoms with Crippen molar-refractivity contribution < 1.29 is 0 Å². The van der Waals surface area contributed by atoms with Gasteiger partial charge in [-0.15, -0.1) is 0 Å². The zero-order valence-corrected chi connectivity index (χ0v) is 9.84. The molecule has 3 nitrogen and oxygen atoms in total. The standard InChI is InChI=1S/C11H12BrN3/c12-8-3-11-10(14-6-8)4-9(15-11)7-1-2-13-5-7/h3-4,6-7,13,15H,1-2,5H2. The zero-order chi connectivity index (χ0) is 10.3. The molecule has 0 bridgehead atoms. The third kappa shape index (κ3) is 1.68. The van der Waals surface area contributed by atoms with Gasteiger partial charge in [0.2, 0.25) is 0 Å². The van der Waals surface area contributed by atoms with Crippen LogP contribution in [0.25, 0.3) is 11.0 Å². The van der Waals surface area contributed by atoms with E-state index in [0.29, 0.717) is 5.92 Å². The molecule has 1 saturated heterocycles. The van der Waals surface area contributed by atoms with Crippen LogP contribution in [0.1, 0.15) is 18.0 Å². The van der Waals surface area contributed by atoms with Crippen LogP contribution in [0.4, 0.5) is 0 Å². The van der Waals surface area contributed by atoms with Gasteiger partial charge in [-0.3, -0.25) is 4.98 Å². The van der Waals surface area contributed by atoms with Crippen LogP contribution in [-0.4, -0.2) is 23.1 Å². The van der Waals surface area contributed by atoms with Crippen molar-refractivity contribution in [2.75, 3.05) is 13.1 Å². The van der Waals surface area contributed by atoms with Gasteiger partial charge in [0.05, 0.1) is 11.0 Å². The third-order valence-electron chi connectivity index (χ3n) is 2.96. The van der Waals surface area contributed by atoms with Crippen LogP contribution in [0.5, 0.6) is 0 Å². The molecule has 0 aliphatic carbocycles. The van der Waals surface area contributed by atoms with E-state index in [0.717, 1.165) is 28.6 Å². The van der Waals surface area contributed by atoms with Crippen molar-refractivity contribution in [2.24, 2.45) is 0 Å². The van der Waals surface area contributed by atoms with E-state index in [1.165, 1.54) is 12.1 Å². The van der Waals surface area contributed by atoms with E-state index in [9.17, 15) is 0 Å². The quantitative estimate of drug-likeness (QED) is 0.832. The lowest BCUT2D eigenvalue weighted by atomic mass is 10.1. The van der Waals surface area contributed by atoms with Gasteiger partial charge in [0.15, 0.2) is 0 Å². The lowest BCUT2D eigenvalue weighted by molar-refractivity contribution is 0.743. The maximum absolute atomic E-state index is 4.37. The number of hydrogen-bond donors (Lipinski definition) is 2. The number of pyridine rings is 1. The number of H-pyrrole nitrogens is 1. The number of nitrogens with one attached hydrogen (secondary N) is 2. The molecule has 0 aromatic carbocycles. The van der Waals surface area contributed by atoms with Crippen molar-refractivity contribution in [1.82, 2.24) is 15.3 Å². The third-order valence-corrected chi connectivity index (χ3v) is 3.39. The molecule has 1 fully saturated rings. The molecule has 0 amide bonds. The molecule has 1 aliphatic rings. The molecular weight excluding hydrogens is 254 g/mol. The Morgan fingerprint density at radius 3 is 3.13 bits per heavy atom. The Bertz CT molecular complexity index is 486. The Morgan fingerprint density at radius 2 is 2.33 bits per heavy atom. The highest BCUT2D eigenvalue weighted by molar-refractivity contribution is 9.10. The van der Waals surface area contributed by atoms with Crippen LogP contribution < -0.4 is 5.32 Å². The molecular formula is C11H12BrN3. The van der Waals surface area contributed by atoms with Crippen molar-refractivity contribution in [1.29, 1.82) is 0 Å². The van der Waals surface area contributed by atoms with E-state index in [2.05, 4.69) is 43.3 Å². The monoisotopic (exact) mass is 265 g/mol. The molecule has 2 aromatic heterocycles. The van der Waals surface area contributed by atoms with Gasteiger partial charge in [0.25, 0.3) is 0 Å². The molecule has 3 rings (SSSR count). The summed E-state index contributed by atoms with van der Waals surface area (Å²) >= 11 is 3.43. The van der Waals surface area contributed by atoms with E-state index >= 15 is 0 Å². The van der Waals surface area contributed by atoms with E-state index in [-0.39, 0.29) is 0 Å². The molecule has 1 aliphatic heterocycles. The fourth-order valence-corrected chi connectivity index (χ4v) is 2.48. The molecule has 0 saturated carbocycles. The van der Waals surface area contributed by atoms with Crippen LogP contribution in [0.15, 0.2) is 22.8 Å². The number of hydrogen-bond acceptors (Lipinski definition) is 2. The summed E-state index contributed by atoms with van der Waals surface area (Å²) < 4.78 is 1.02. The minimum Gasteiger partial charge on any atom is -0.357 e. The van der Waals surface area contributed by atoms with Crippen molar-refractivity contribution in [2.45, 2.75) is 12.3 Å². The summed E-state index contributed by atoms with van der Waals surface area (Å²) in [5, 5.41) is 3.38. The van der Waals surface area contributed by atoms with Gasteiger partial charge in [-0.25, -0.2) is 0 Å². The van der Waals surface area contributed by atoms with Crippen LogP contribution in [0, 0.1) is 0 Å². The van der Waals surface area contributed by atoms with Gasteiger partial charge < -0.3 is 10.3 Å². The molecule has 1 atom stereocenters. The van der Waals surface area contributed by atoms with Crippen molar-refractivity contribution in [3.05, 3.63) is 28.5 Å². The summed E-state index contributed by atoms with van der Waals surface area (Å²) in [5.74, 6) is 0.623. The lowest BCUT2D eigenvalue weighted by Gasteiger charge is -2.03. The number of halogens is 1. The van der Waals surface area contributed by atoms with Crippen LogP contribution in [0.3, 0.4) is 0 Å². The minimum atomic E-state index is 0.623. The molecule has 2 aromatic rings. The van der Waals surface area contributed by atoms with Crippen molar-refractivity contribution in [3.8, 4) is 0 Å². The van der Waals surface area contributed by atoms with E-state index in [4.69, 9.17) is 0 Å². The Kier molecular flexibility index (Phi) is 2.25. The molecule has 15 heavy (non-hydrogen) atoms. The second kappa shape index (κ2) is 3.61. The summed E-state index contributed by atoms with van der Waals surface area (Å²) in [6.07, 6.45) is 3.06. The van der Waals surface area contributed by atoms with E-state index in [1.807, 2.05) is 6.20 Å². The lowest BCUT2D eigenvalue weighted by Crippen LogP contribution is -2.07. The first-order chi connectivity index (χ1) is 7.33. The highest BCUT2D eigenvalue weighted by atomic mass is 79.9. The first-order valence-corrected chi connectivity index (χ1v) is 5.97. The van der Waals surface area contributed by atoms with E-state index < -0.39 is 0 Å². The second-order valence-corrected chi connectivity index (χ2v) is 4.92. The molecule has 3 heterocycles. The van der Waals surface area contributed by atoms with E-state index in [1.54, 1.807) is 0 Å². The van der Waals surface area contributed by atoms with Crippen molar-refractivity contribution in [3.63, 3.8) is 0 Å². The molecule has 4 heteroatoms. The normalized spacial score (nSPS) is 21.3. The largest absolute Gasteiger partial charge is 0.357 e. The molecule has 0 radical (unpaired) electrons. The van der Waals surface area contributed by atoms with Gasteiger partial charge >= 0.3 is 0 Å². The number of fused-ring (bicyclic) bond motifs is 1. The number of rotatable bonds is 1. The maximum atomic E-state index is 4.37. The van der Waals surface area contributed by atoms with Crippen molar-refractivity contribution >= 4 is 27.0 Å². The predicted octanol–water partition coefficient (Wildman–Crippen LogP) is 2.40. The summed E-state index contributed by atoms with van der Waals surface area (Å²) in [7, 11) is 0. The molecule has 1 unspecified atom stereocenters. The number of aromatic nitrogens is 2. The van der Waals surface area contributed by atoms with Crippen LogP contribution in [-0.2, 0) is 0 Å². The fraction of sp³-hybridized carbons (Fsp3) is 0.364. The van der Waals surface area contributed by atoms with Gasteiger partial charge in [0, 0.05) is 28.8 Å². The summed E-state index contributed by atoms with van der Waals surface area (Å²) in [6.45, 7) is 2.20. The van der Waals surface area contributed by atoms with Gasteiger partial charge in [-0.1, -0.05) is 0 Å². The summed E-state index contributed by atoms with van der Waals surface area (Å²) in [6, 6.07) is 4.24. The second-order valence-electron chi connectivity index (χ2n) is 4.00. The van der Waals surface area contributed by atoms with Crippen LogP contribution in [0.2, 0.25) is 0 Å². The molecule has 2 N–H and O–H groups in total. The topological polar surface area (TPSA) is 40.7 Å². The van der Waals surface area contributed by atoms with Gasteiger partial charge in [-0.05, 0) is 41.0 Å². The molecule has 78 valence electrons. The van der Waals surface area contributed by atoms with Gasteiger partial charge in [-0.2, -0.15) is 0 Å². The smallest absolute Gasteiger partial charge is 0.0882 e. The predicted molar refractivity (Wildman–Crippen MR) is 64.0 cm³/mol. The minimum absolute atomic E-state index is 0.623. The zero-order valence-electron chi connectivity index (χ0n) is 8.26. The fourth-order valence-electron chi connectivity index (χ4n) is 2.14. The first-order valence-electron chi connectivity index (χ1n) is 5.18. The SMILES string of the molecule is Brc1cnc2cc(C3CCNC3)[nH]c2c1. The highest BCUT2D eigenvalue weighted by Crippen LogP contribution is 2.25. The average Bonchev–Trinajstić information content (AvgIpc) is 2.84. The molecule has 0 spiro atoms. The van der Waals surface area contributed by atoms with Gasteiger partial charge in [0.1, 0.15) is 0 Å². The number of nitrogens with zero attached hydrogens (tertiary/aromatic N) is 1. The Hall–Kier alpha value is -0.870. The van der Waals surface area contributed by atoms with Crippen LogP contribution >= 0.6 is 15.9 Å². The Labute approximate surface area is 96.4 Å².